The van der Waals surface area contributed by atoms with Gasteiger partial charge in [0.15, 0.2) is 11.7 Å². The number of aromatic nitrogens is 1. The summed E-state index contributed by atoms with van der Waals surface area (Å²) in [5.74, 6) is -0.612. The van der Waals surface area contributed by atoms with Crippen molar-refractivity contribution in [1.29, 1.82) is 0 Å². The zero-order chi connectivity index (χ0) is 19.9. The molecular formula is C22H24N2O4. The topological polar surface area (TPSA) is 81.4 Å². The molecule has 2 atom stereocenters. The Labute approximate surface area is 163 Å². The molecule has 0 saturated carbocycles. The number of carbonyl (C=O) groups is 2. The van der Waals surface area contributed by atoms with Crippen molar-refractivity contribution in [2.45, 2.75) is 38.7 Å². The van der Waals surface area contributed by atoms with Crippen molar-refractivity contribution >= 4 is 22.8 Å². The molecule has 0 saturated heterocycles. The Balaban J connectivity index is 1.51. The van der Waals surface area contributed by atoms with Gasteiger partial charge >= 0.3 is 5.97 Å². The van der Waals surface area contributed by atoms with E-state index in [9.17, 15) is 9.59 Å². The zero-order valence-electron chi connectivity index (χ0n) is 16.1. The summed E-state index contributed by atoms with van der Waals surface area (Å²) in [6.07, 6.45) is -0.0209. The molecule has 28 heavy (non-hydrogen) atoms. The van der Waals surface area contributed by atoms with Gasteiger partial charge in [0, 0.05) is 17.8 Å². The Morgan fingerprint density at radius 2 is 1.82 bits per heavy atom. The highest BCUT2D eigenvalue weighted by Crippen LogP contribution is 2.19. The Morgan fingerprint density at radius 1 is 1.11 bits per heavy atom. The van der Waals surface area contributed by atoms with Crippen LogP contribution in [0.15, 0.2) is 59.1 Å². The minimum Gasteiger partial charge on any atom is -0.452 e. The number of esters is 1. The SMILES string of the molecule is CC[C@@H](CNC(=O)[C@@H](C)OC(=O)Cc1noc2ccccc12)c1ccccc1. The highest BCUT2D eigenvalue weighted by molar-refractivity contribution is 5.86. The third-order valence-corrected chi connectivity index (χ3v) is 4.73. The molecule has 3 aromatic rings. The van der Waals surface area contributed by atoms with Gasteiger partial charge in [0.1, 0.15) is 5.69 Å². The Hall–Kier alpha value is -3.15. The molecule has 0 unspecified atom stereocenters. The van der Waals surface area contributed by atoms with Crippen LogP contribution in [0.25, 0.3) is 11.0 Å². The molecule has 3 rings (SSSR count). The van der Waals surface area contributed by atoms with Gasteiger partial charge in [-0.2, -0.15) is 0 Å². The van der Waals surface area contributed by atoms with Crippen molar-refractivity contribution in [2.75, 3.05) is 6.54 Å². The molecule has 1 amide bonds. The Morgan fingerprint density at radius 3 is 2.57 bits per heavy atom. The van der Waals surface area contributed by atoms with E-state index in [1.165, 1.54) is 5.56 Å². The van der Waals surface area contributed by atoms with Crippen molar-refractivity contribution in [3.8, 4) is 0 Å². The second kappa shape index (κ2) is 9.17. The van der Waals surface area contributed by atoms with E-state index in [-0.39, 0.29) is 18.2 Å². The van der Waals surface area contributed by atoms with E-state index in [0.717, 1.165) is 11.8 Å². The van der Waals surface area contributed by atoms with Gasteiger partial charge in [0.05, 0.1) is 6.42 Å². The second-order valence-corrected chi connectivity index (χ2v) is 6.70. The lowest BCUT2D eigenvalue weighted by atomic mass is 9.96. The van der Waals surface area contributed by atoms with Crippen LogP contribution >= 0.6 is 0 Å². The summed E-state index contributed by atoms with van der Waals surface area (Å²) in [6, 6.07) is 17.3. The normalized spacial score (nSPS) is 13.1. The molecule has 1 aromatic heterocycles. The van der Waals surface area contributed by atoms with Crippen LogP contribution in [0.5, 0.6) is 0 Å². The molecular weight excluding hydrogens is 356 g/mol. The Kier molecular flexibility index (Phi) is 6.42. The number of nitrogens with one attached hydrogen (secondary N) is 1. The minimum absolute atomic E-state index is 0.0454. The van der Waals surface area contributed by atoms with Crippen molar-refractivity contribution in [2.24, 2.45) is 0 Å². The van der Waals surface area contributed by atoms with Gasteiger partial charge in [-0.15, -0.1) is 0 Å². The van der Waals surface area contributed by atoms with Crippen molar-refractivity contribution in [3.63, 3.8) is 0 Å². The molecule has 0 spiro atoms. The zero-order valence-corrected chi connectivity index (χ0v) is 16.1. The molecule has 1 N–H and O–H groups in total. The summed E-state index contributed by atoms with van der Waals surface area (Å²) < 4.78 is 10.5. The predicted octanol–water partition coefficient (Wildman–Crippen LogP) is 3.61. The number of benzene rings is 2. The lowest BCUT2D eigenvalue weighted by Gasteiger charge is -2.18. The first kappa shape index (κ1) is 19.6. The number of amides is 1. The van der Waals surface area contributed by atoms with Crippen LogP contribution in [0, 0.1) is 0 Å². The molecule has 6 heteroatoms. The number of hydrogen-bond donors (Lipinski definition) is 1. The molecule has 6 nitrogen and oxygen atoms in total. The monoisotopic (exact) mass is 380 g/mol. The molecule has 0 aliphatic carbocycles. The van der Waals surface area contributed by atoms with Crippen LogP contribution in [0.1, 0.15) is 37.4 Å². The summed E-state index contributed by atoms with van der Waals surface area (Å²) in [4.78, 5) is 24.5. The maximum atomic E-state index is 12.3. The average molecular weight is 380 g/mol. The largest absolute Gasteiger partial charge is 0.452 e. The first-order valence-corrected chi connectivity index (χ1v) is 9.44. The Bertz CT molecular complexity index is 936. The van der Waals surface area contributed by atoms with Crippen molar-refractivity contribution < 1.29 is 18.8 Å². The molecule has 0 bridgehead atoms. The lowest BCUT2D eigenvalue weighted by Crippen LogP contribution is -2.38. The van der Waals surface area contributed by atoms with Crippen LogP contribution in [0.4, 0.5) is 0 Å². The number of ether oxygens (including phenoxy) is 1. The van der Waals surface area contributed by atoms with Gasteiger partial charge in [0.25, 0.3) is 5.91 Å². The molecule has 2 aromatic carbocycles. The highest BCUT2D eigenvalue weighted by Gasteiger charge is 2.21. The number of fused-ring (bicyclic) bond motifs is 1. The van der Waals surface area contributed by atoms with Crippen LogP contribution in [0.3, 0.4) is 0 Å². The standard InChI is InChI=1S/C22H24N2O4/c1-3-16(17-9-5-4-6-10-17)14-23-22(26)15(2)27-21(25)13-19-18-11-7-8-12-20(18)28-24-19/h4-12,15-16H,3,13-14H2,1-2H3,(H,23,26)/t15-,16+/m1/s1. The number of rotatable bonds is 8. The predicted molar refractivity (Wildman–Crippen MR) is 106 cm³/mol. The molecule has 0 aliphatic heterocycles. The first-order chi connectivity index (χ1) is 13.6. The van der Waals surface area contributed by atoms with Crippen molar-refractivity contribution in [1.82, 2.24) is 10.5 Å². The fraction of sp³-hybridized carbons (Fsp3) is 0.318. The van der Waals surface area contributed by atoms with E-state index in [1.54, 1.807) is 13.0 Å². The third kappa shape index (κ3) is 4.76. The average Bonchev–Trinajstić information content (AvgIpc) is 3.12. The summed E-state index contributed by atoms with van der Waals surface area (Å²) in [5, 5.41) is 7.56. The second-order valence-electron chi connectivity index (χ2n) is 6.70. The molecule has 1 heterocycles. The molecule has 0 aliphatic rings. The number of nitrogens with zero attached hydrogens (tertiary/aromatic N) is 1. The smallest absolute Gasteiger partial charge is 0.312 e. The van der Waals surface area contributed by atoms with E-state index < -0.39 is 12.1 Å². The van der Waals surface area contributed by atoms with Gasteiger partial charge in [-0.25, -0.2) is 0 Å². The van der Waals surface area contributed by atoms with Gasteiger partial charge in [-0.1, -0.05) is 54.5 Å². The van der Waals surface area contributed by atoms with Crippen LogP contribution in [0.2, 0.25) is 0 Å². The minimum atomic E-state index is -0.876. The van der Waals surface area contributed by atoms with E-state index >= 15 is 0 Å². The quantitative estimate of drug-likeness (QED) is 0.604. The van der Waals surface area contributed by atoms with E-state index in [4.69, 9.17) is 9.26 Å². The fourth-order valence-corrected chi connectivity index (χ4v) is 3.09. The summed E-state index contributed by atoms with van der Waals surface area (Å²) in [5.41, 5.74) is 2.29. The summed E-state index contributed by atoms with van der Waals surface area (Å²) in [7, 11) is 0. The van der Waals surface area contributed by atoms with E-state index in [0.29, 0.717) is 17.8 Å². The molecule has 0 radical (unpaired) electrons. The van der Waals surface area contributed by atoms with Crippen LogP contribution in [-0.4, -0.2) is 29.7 Å². The van der Waals surface area contributed by atoms with E-state index in [2.05, 4.69) is 17.4 Å². The first-order valence-electron chi connectivity index (χ1n) is 9.44. The van der Waals surface area contributed by atoms with Crippen molar-refractivity contribution in [3.05, 3.63) is 65.9 Å². The highest BCUT2D eigenvalue weighted by atomic mass is 16.5. The van der Waals surface area contributed by atoms with Crippen LogP contribution < -0.4 is 5.32 Å². The number of para-hydroxylation sites is 1. The summed E-state index contributed by atoms with van der Waals surface area (Å²) in [6.45, 7) is 4.14. The maximum Gasteiger partial charge on any atom is 0.312 e. The molecule has 146 valence electrons. The van der Waals surface area contributed by atoms with Gasteiger partial charge in [0.2, 0.25) is 0 Å². The fourth-order valence-electron chi connectivity index (χ4n) is 3.09. The van der Waals surface area contributed by atoms with Gasteiger partial charge < -0.3 is 14.6 Å². The molecule has 0 fully saturated rings. The summed E-state index contributed by atoms with van der Waals surface area (Å²) >= 11 is 0. The van der Waals surface area contributed by atoms with E-state index in [1.807, 2.05) is 48.5 Å². The third-order valence-electron chi connectivity index (χ3n) is 4.73. The lowest BCUT2D eigenvalue weighted by molar-refractivity contribution is -0.154. The number of carbonyl (C=O) groups excluding carboxylic acids is 2. The van der Waals surface area contributed by atoms with Gasteiger partial charge in [-0.3, -0.25) is 9.59 Å². The van der Waals surface area contributed by atoms with Crippen LogP contribution in [-0.2, 0) is 20.7 Å². The number of hydrogen-bond acceptors (Lipinski definition) is 5. The van der Waals surface area contributed by atoms with Gasteiger partial charge in [-0.05, 0) is 31.0 Å². The maximum absolute atomic E-state index is 12.3.